The summed E-state index contributed by atoms with van der Waals surface area (Å²) in [5, 5.41) is 0. The van der Waals surface area contributed by atoms with E-state index in [1.54, 1.807) is 0 Å². The molecule has 0 bridgehead atoms. The average molecular weight is 351 g/mol. The minimum Gasteiger partial charge on any atom is -0.100 e. The maximum absolute atomic E-state index is 4.01. The van der Waals surface area contributed by atoms with Gasteiger partial charge in [-0.25, -0.2) is 0 Å². The molecular formula is C25H50. The van der Waals surface area contributed by atoms with Gasteiger partial charge in [0.25, 0.3) is 0 Å². The van der Waals surface area contributed by atoms with E-state index in [9.17, 15) is 0 Å². The third kappa shape index (κ3) is 15.7. The lowest BCUT2D eigenvalue weighted by molar-refractivity contribution is 0.254. The molecule has 0 rings (SSSR count). The molecule has 0 radical (unpaired) electrons. The molecule has 0 aliphatic carbocycles. The van der Waals surface area contributed by atoms with Crippen molar-refractivity contribution in [2.45, 2.75) is 137 Å². The Morgan fingerprint density at radius 2 is 1.12 bits per heavy atom. The fourth-order valence-electron chi connectivity index (χ4n) is 4.31. The number of hydrogen-bond acceptors (Lipinski definition) is 0. The molecule has 25 heavy (non-hydrogen) atoms. The molecule has 0 aliphatic rings. The third-order valence-corrected chi connectivity index (χ3v) is 5.96. The maximum Gasteiger partial charge on any atom is -0.0326 e. The molecule has 0 heterocycles. The van der Waals surface area contributed by atoms with Gasteiger partial charge >= 0.3 is 0 Å². The molecule has 0 aromatic heterocycles. The highest BCUT2D eigenvalue weighted by molar-refractivity contribution is 4.87. The Morgan fingerprint density at radius 3 is 1.64 bits per heavy atom. The Balaban J connectivity index is 3.90. The van der Waals surface area contributed by atoms with Gasteiger partial charge in [0.1, 0.15) is 0 Å². The molecule has 0 nitrogen and oxygen atoms in total. The van der Waals surface area contributed by atoms with Crippen molar-refractivity contribution in [1.29, 1.82) is 0 Å². The van der Waals surface area contributed by atoms with Crippen LogP contribution < -0.4 is 0 Å². The normalized spacial score (nSPS) is 13.8. The van der Waals surface area contributed by atoms with Crippen LogP contribution in [-0.2, 0) is 0 Å². The summed E-state index contributed by atoms with van der Waals surface area (Å²) in [4.78, 5) is 0. The molecule has 2 unspecified atom stereocenters. The third-order valence-electron chi connectivity index (χ3n) is 5.96. The highest BCUT2D eigenvalue weighted by atomic mass is 14.2. The Morgan fingerprint density at radius 1 is 0.600 bits per heavy atom. The first-order valence-electron chi connectivity index (χ1n) is 11.8. The number of rotatable bonds is 19. The van der Waals surface area contributed by atoms with E-state index in [1.807, 2.05) is 0 Å². The summed E-state index contributed by atoms with van der Waals surface area (Å²) in [5.41, 5.74) is 1.35. The van der Waals surface area contributed by atoms with Crippen molar-refractivity contribution in [1.82, 2.24) is 0 Å². The highest BCUT2D eigenvalue weighted by Gasteiger charge is 2.18. The summed E-state index contributed by atoms with van der Waals surface area (Å²) in [6, 6.07) is 0. The number of allylic oxidation sites excluding steroid dienone is 1. The standard InChI is InChI=1S/C25H50/c1-6-9-10-11-14-17-21-24(8-3)25(19-7-2)22-18-15-12-13-16-20-23(4)5/h24-25H,4,6-22H2,1-3,5H3. The average Bonchev–Trinajstić information content (AvgIpc) is 2.59. The number of hydrogen-bond donors (Lipinski definition) is 0. The van der Waals surface area contributed by atoms with Gasteiger partial charge in [-0.1, -0.05) is 123 Å². The second-order valence-corrected chi connectivity index (χ2v) is 8.54. The summed E-state index contributed by atoms with van der Waals surface area (Å²) in [5.74, 6) is 2.00. The molecular weight excluding hydrogens is 300 g/mol. The van der Waals surface area contributed by atoms with Crippen LogP contribution >= 0.6 is 0 Å². The van der Waals surface area contributed by atoms with Gasteiger partial charge in [-0.2, -0.15) is 0 Å². The monoisotopic (exact) mass is 350 g/mol. The van der Waals surface area contributed by atoms with E-state index >= 15 is 0 Å². The van der Waals surface area contributed by atoms with E-state index in [0.717, 1.165) is 11.8 Å². The first kappa shape index (κ1) is 24.7. The molecule has 0 N–H and O–H groups in total. The Hall–Kier alpha value is -0.260. The van der Waals surface area contributed by atoms with Gasteiger partial charge in [-0.3, -0.25) is 0 Å². The van der Waals surface area contributed by atoms with E-state index in [4.69, 9.17) is 0 Å². The van der Waals surface area contributed by atoms with Crippen LogP contribution in [0.15, 0.2) is 12.2 Å². The number of unbranched alkanes of at least 4 members (excludes halogenated alkanes) is 9. The summed E-state index contributed by atoms with van der Waals surface area (Å²) in [6.07, 6.45) is 24.2. The van der Waals surface area contributed by atoms with Crippen LogP contribution in [0.4, 0.5) is 0 Å². The minimum absolute atomic E-state index is 0.995. The molecule has 0 amide bonds. The zero-order valence-electron chi connectivity index (χ0n) is 18.4. The van der Waals surface area contributed by atoms with Crippen molar-refractivity contribution >= 4 is 0 Å². The van der Waals surface area contributed by atoms with Crippen LogP contribution in [0.2, 0.25) is 0 Å². The van der Waals surface area contributed by atoms with Crippen molar-refractivity contribution in [3.63, 3.8) is 0 Å². The molecule has 2 atom stereocenters. The van der Waals surface area contributed by atoms with Crippen molar-refractivity contribution < 1.29 is 0 Å². The summed E-state index contributed by atoms with van der Waals surface area (Å²) < 4.78 is 0. The summed E-state index contributed by atoms with van der Waals surface area (Å²) in [7, 11) is 0. The summed E-state index contributed by atoms with van der Waals surface area (Å²) in [6.45, 7) is 13.3. The molecule has 0 saturated heterocycles. The second-order valence-electron chi connectivity index (χ2n) is 8.54. The van der Waals surface area contributed by atoms with Gasteiger partial charge in [0.05, 0.1) is 0 Å². The predicted molar refractivity (Wildman–Crippen MR) is 117 cm³/mol. The minimum atomic E-state index is 0.995. The molecule has 150 valence electrons. The quantitative estimate of drug-likeness (QED) is 0.161. The van der Waals surface area contributed by atoms with Crippen molar-refractivity contribution in [3.05, 3.63) is 12.2 Å². The van der Waals surface area contributed by atoms with Crippen LogP contribution in [0, 0.1) is 11.8 Å². The van der Waals surface area contributed by atoms with E-state index < -0.39 is 0 Å². The lowest BCUT2D eigenvalue weighted by Crippen LogP contribution is -2.14. The van der Waals surface area contributed by atoms with Gasteiger partial charge < -0.3 is 0 Å². The fraction of sp³-hybridized carbons (Fsp3) is 0.920. The van der Waals surface area contributed by atoms with Crippen LogP contribution in [-0.4, -0.2) is 0 Å². The van der Waals surface area contributed by atoms with Gasteiger partial charge in [0, 0.05) is 0 Å². The van der Waals surface area contributed by atoms with Gasteiger partial charge in [-0.15, -0.1) is 6.58 Å². The molecule has 0 heteroatoms. The first-order valence-corrected chi connectivity index (χ1v) is 11.8. The fourth-order valence-corrected chi connectivity index (χ4v) is 4.31. The van der Waals surface area contributed by atoms with Crippen LogP contribution in [0.5, 0.6) is 0 Å². The van der Waals surface area contributed by atoms with E-state index in [0.29, 0.717) is 0 Å². The molecule has 0 aliphatic heterocycles. The van der Waals surface area contributed by atoms with E-state index in [-0.39, 0.29) is 0 Å². The lowest BCUT2D eigenvalue weighted by Gasteiger charge is -2.26. The van der Waals surface area contributed by atoms with E-state index in [1.165, 1.54) is 115 Å². The lowest BCUT2D eigenvalue weighted by atomic mass is 9.80. The molecule has 0 spiro atoms. The van der Waals surface area contributed by atoms with Crippen LogP contribution in [0.3, 0.4) is 0 Å². The Kier molecular flexibility index (Phi) is 18.3. The topological polar surface area (TPSA) is 0 Å². The smallest absolute Gasteiger partial charge is 0.0326 e. The van der Waals surface area contributed by atoms with Gasteiger partial charge in [0.15, 0.2) is 0 Å². The Bertz CT molecular complexity index is 278. The Labute approximate surface area is 161 Å². The SMILES string of the molecule is C=C(C)CCCCCCCC(CCC)C(CC)CCCCCCCC. The first-order chi connectivity index (χ1) is 12.2. The maximum atomic E-state index is 4.01. The summed E-state index contributed by atoms with van der Waals surface area (Å²) >= 11 is 0. The molecule has 0 aromatic rings. The van der Waals surface area contributed by atoms with Crippen molar-refractivity contribution in [2.75, 3.05) is 0 Å². The van der Waals surface area contributed by atoms with Crippen LogP contribution in [0.25, 0.3) is 0 Å². The van der Waals surface area contributed by atoms with Crippen molar-refractivity contribution in [2.24, 2.45) is 11.8 Å². The van der Waals surface area contributed by atoms with Crippen molar-refractivity contribution in [3.8, 4) is 0 Å². The van der Waals surface area contributed by atoms with E-state index in [2.05, 4.69) is 34.3 Å². The zero-order valence-corrected chi connectivity index (χ0v) is 18.4. The molecule has 0 saturated carbocycles. The highest BCUT2D eigenvalue weighted by Crippen LogP contribution is 2.31. The van der Waals surface area contributed by atoms with Crippen LogP contribution in [0.1, 0.15) is 137 Å². The largest absolute Gasteiger partial charge is 0.100 e. The second kappa shape index (κ2) is 18.5. The molecule has 0 fully saturated rings. The predicted octanol–water partition coefficient (Wildman–Crippen LogP) is 9.49. The molecule has 0 aromatic carbocycles. The van der Waals surface area contributed by atoms with Gasteiger partial charge in [0.2, 0.25) is 0 Å². The van der Waals surface area contributed by atoms with Gasteiger partial charge in [-0.05, 0) is 31.6 Å². The zero-order chi connectivity index (χ0) is 18.8.